The van der Waals surface area contributed by atoms with Crippen molar-refractivity contribution in [3.05, 3.63) is 58.0 Å². The number of fused-ring (bicyclic) bond motifs is 1. The Bertz CT molecular complexity index is 743. The molecule has 6 heteroatoms. The quantitative estimate of drug-likeness (QED) is 0.842. The molecule has 0 saturated carbocycles. The first kappa shape index (κ1) is 15.1. The first-order valence-corrected chi connectivity index (χ1v) is 8.67. The van der Waals surface area contributed by atoms with Crippen LogP contribution in [-0.4, -0.2) is 37.7 Å². The highest BCUT2D eigenvalue weighted by atomic mass is 32.2. The standard InChI is InChI=1S/C16H19N3O2S/c1-18-16(20)11-13-12-19(8-7-15(13)17-18)9-10-22(21)14-5-3-2-4-6-14/h2-6,11H,7-10,12H2,1H3/t22-/m1/s1. The summed E-state index contributed by atoms with van der Waals surface area (Å²) in [4.78, 5) is 14.8. The lowest BCUT2D eigenvalue weighted by atomic mass is 10.1. The molecule has 1 aliphatic rings. The number of hydrogen-bond donors (Lipinski definition) is 0. The van der Waals surface area contributed by atoms with Crippen molar-refractivity contribution in [1.29, 1.82) is 0 Å². The van der Waals surface area contributed by atoms with Gasteiger partial charge >= 0.3 is 0 Å². The lowest BCUT2D eigenvalue weighted by Gasteiger charge is -2.27. The van der Waals surface area contributed by atoms with Crippen molar-refractivity contribution < 1.29 is 4.21 Å². The minimum atomic E-state index is -0.974. The van der Waals surface area contributed by atoms with Crippen molar-refractivity contribution in [1.82, 2.24) is 14.7 Å². The van der Waals surface area contributed by atoms with Gasteiger partial charge in [0.05, 0.1) is 16.5 Å². The Balaban J connectivity index is 1.62. The average molecular weight is 317 g/mol. The van der Waals surface area contributed by atoms with E-state index in [0.717, 1.165) is 35.7 Å². The number of benzene rings is 1. The van der Waals surface area contributed by atoms with Crippen LogP contribution < -0.4 is 5.56 Å². The Labute approximate surface area is 132 Å². The lowest BCUT2D eigenvalue weighted by Crippen LogP contribution is -2.36. The van der Waals surface area contributed by atoms with Crippen LogP contribution in [-0.2, 0) is 30.8 Å². The van der Waals surface area contributed by atoms with Gasteiger partial charge in [0.25, 0.3) is 5.56 Å². The van der Waals surface area contributed by atoms with Crippen molar-refractivity contribution in [3.63, 3.8) is 0 Å². The fourth-order valence-corrected chi connectivity index (χ4v) is 3.77. The smallest absolute Gasteiger partial charge is 0.266 e. The van der Waals surface area contributed by atoms with E-state index in [2.05, 4.69) is 10.00 Å². The van der Waals surface area contributed by atoms with Gasteiger partial charge in [-0.3, -0.25) is 13.9 Å². The first-order valence-electron chi connectivity index (χ1n) is 7.35. The minimum Gasteiger partial charge on any atom is -0.298 e. The summed E-state index contributed by atoms with van der Waals surface area (Å²) in [6, 6.07) is 11.2. The molecule has 0 radical (unpaired) electrons. The highest BCUT2D eigenvalue weighted by Gasteiger charge is 2.19. The van der Waals surface area contributed by atoms with Crippen LogP contribution in [0.25, 0.3) is 0 Å². The summed E-state index contributed by atoms with van der Waals surface area (Å²) in [5, 5.41) is 4.31. The zero-order chi connectivity index (χ0) is 15.5. The van der Waals surface area contributed by atoms with Gasteiger partial charge in [0.15, 0.2) is 0 Å². The first-order chi connectivity index (χ1) is 10.6. The maximum atomic E-state index is 12.3. The molecule has 2 heterocycles. The number of rotatable bonds is 4. The fraction of sp³-hybridized carbons (Fsp3) is 0.375. The van der Waals surface area contributed by atoms with Crippen LogP contribution in [0.1, 0.15) is 11.3 Å². The SMILES string of the molecule is Cn1nc2c(cc1=O)CN(CC[S@@](=O)c1ccccc1)CC2. The summed E-state index contributed by atoms with van der Waals surface area (Å²) in [5.74, 6) is 0.609. The number of aromatic nitrogens is 2. The van der Waals surface area contributed by atoms with Gasteiger partial charge in [0.2, 0.25) is 0 Å². The average Bonchev–Trinajstić information content (AvgIpc) is 2.54. The summed E-state index contributed by atoms with van der Waals surface area (Å²) in [5.41, 5.74) is 1.93. The molecule has 0 aliphatic carbocycles. The van der Waals surface area contributed by atoms with Gasteiger partial charge in [-0.2, -0.15) is 5.10 Å². The summed E-state index contributed by atoms with van der Waals surface area (Å²) in [7, 11) is 0.704. The largest absolute Gasteiger partial charge is 0.298 e. The van der Waals surface area contributed by atoms with Gasteiger partial charge < -0.3 is 0 Å². The Morgan fingerprint density at radius 3 is 2.82 bits per heavy atom. The summed E-state index contributed by atoms with van der Waals surface area (Å²) >= 11 is 0. The third-order valence-corrected chi connectivity index (χ3v) is 5.27. The molecule has 1 aromatic heterocycles. The van der Waals surface area contributed by atoms with E-state index >= 15 is 0 Å². The molecule has 5 nitrogen and oxygen atoms in total. The maximum Gasteiger partial charge on any atom is 0.266 e. The van der Waals surface area contributed by atoms with Crippen molar-refractivity contribution in [2.24, 2.45) is 7.05 Å². The number of hydrogen-bond acceptors (Lipinski definition) is 4. The summed E-state index contributed by atoms with van der Waals surface area (Å²) in [6.45, 7) is 2.37. The van der Waals surface area contributed by atoms with Gasteiger partial charge in [-0.05, 0) is 17.7 Å². The predicted molar refractivity (Wildman–Crippen MR) is 86.2 cm³/mol. The van der Waals surface area contributed by atoms with Crippen molar-refractivity contribution in [2.45, 2.75) is 17.9 Å². The van der Waals surface area contributed by atoms with Crippen LogP contribution in [0.2, 0.25) is 0 Å². The topological polar surface area (TPSA) is 55.2 Å². The Morgan fingerprint density at radius 1 is 1.27 bits per heavy atom. The van der Waals surface area contributed by atoms with Gasteiger partial charge in [0.1, 0.15) is 0 Å². The van der Waals surface area contributed by atoms with Crippen LogP contribution in [0.4, 0.5) is 0 Å². The molecule has 0 amide bonds. The lowest BCUT2D eigenvalue weighted by molar-refractivity contribution is 0.265. The molecule has 0 fully saturated rings. The second-order valence-electron chi connectivity index (χ2n) is 5.47. The summed E-state index contributed by atoms with van der Waals surface area (Å²) in [6.07, 6.45) is 0.835. The molecule has 1 aromatic carbocycles. The van der Waals surface area contributed by atoms with Crippen LogP contribution in [0, 0.1) is 0 Å². The molecule has 0 spiro atoms. The molecule has 0 saturated heterocycles. The molecular weight excluding hydrogens is 298 g/mol. The molecule has 22 heavy (non-hydrogen) atoms. The van der Waals surface area contributed by atoms with E-state index < -0.39 is 10.8 Å². The van der Waals surface area contributed by atoms with E-state index in [4.69, 9.17) is 0 Å². The highest BCUT2D eigenvalue weighted by molar-refractivity contribution is 7.85. The van der Waals surface area contributed by atoms with Crippen LogP contribution in [0.3, 0.4) is 0 Å². The number of nitrogens with zero attached hydrogens (tertiary/aromatic N) is 3. The molecule has 3 rings (SSSR count). The third kappa shape index (κ3) is 3.34. The van der Waals surface area contributed by atoms with Crippen molar-refractivity contribution >= 4 is 10.8 Å². The predicted octanol–water partition coefficient (Wildman–Crippen LogP) is 0.946. The van der Waals surface area contributed by atoms with E-state index in [9.17, 15) is 9.00 Å². The molecule has 1 atom stereocenters. The normalized spacial score (nSPS) is 16.2. The van der Waals surface area contributed by atoms with Crippen LogP contribution >= 0.6 is 0 Å². The Kier molecular flexibility index (Phi) is 4.49. The third-order valence-electron chi connectivity index (χ3n) is 3.92. The molecule has 0 N–H and O–H groups in total. The maximum absolute atomic E-state index is 12.3. The van der Waals surface area contributed by atoms with Gasteiger partial charge in [-0.1, -0.05) is 18.2 Å². The fourth-order valence-electron chi connectivity index (χ4n) is 2.64. The van der Waals surface area contributed by atoms with E-state index in [0.29, 0.717) is 12.3 Å². The molecule has 116 valence electrons. The highest BCUT2D eigenvalue weighted by Crippen LogP contribution is 2.15. The molecule has 2 aromatic rings. The summed E-state index contributed by atoms with van der Waals surface area (Å²) < 4.78 is 13.6. The zero-order valence-corrected chi connectivity index (χ0v) is 13.4. The molecule has 0 bridgehead atoms. The second-order valence-corrected chi connectivity index (χ2v) is 7.04. The van der Waals surface area contributed by atoms with E-state index in [1.165, 1.54) is 4.68 Å². The van der Waals surface area contributed by atoms with E-state index in [1.54, 1.807) is 13.1 Å². The van der Waals surface area contributed by atoms with Gasteiger partial charge in [-0.25, -0.2) is 4.68 Å². The zero-order valence-electron chi connectivity index (χ0n) is 12.6. The van der Waals surface area contributed by atoms with E-state index in [1.807, 2.05) is 30.3 Å². The minimum absolute atomic E-state index is 0.0755. The van der Waals surface area contributed by atoms with Gasteiger partial charge in [-0.15, -0.1) is 0 Å². The Hall–Kier alpha value is -1.79. The second kappa shape index (κ2) is 6.54. The van der Waals surface area contributed by atoms with Crippen LogP contribution in [0.15, 0.2) is 46.1 Å². The molecule has 0 unspecified atom stereocenters. The van der Waals surface area contributed by atoms with Gasteiger partial charge in [0, 0.05) is 49.8 Å². The van der Waals surface area contributed by atoms with Crippen LogP contribution in [0.5, 0.6) is 0 Å². The molecule has 1 aliphatic heterocycles. The molecular formula is C16H19N3O2S. The number of aryl methyl sites for hydroxylation is 1. The van der Waals surface area contributed by atoms with E-state index in [-0.39, 0.29) is 5.56 Å². The van der Waals surface area contributed by atoms with Crippen molar-refractivity contribution in [3.8, 4) is 0 Å². The monoisotopic (exact) mass is 317 g/mol. The Morgan fingerprint density at radius 2 is 2.05 bits per heavy atom. The van der Waals surface area contributed by atoms with Crippen molar-refractivity contribution in [2.75, 3.05) is 18.8 Å².